The van der Waals surface area contributed by atoms with Crippen molar-refractivity contribution in [1.29, 1.82) is 0 Å². The minimum Gasteiger partial charge on any atom is -0.0775 e. The van der Waals surface area contributed by atoms with Gasteiger partial charge in [0.25, 0.3) is 0 Å². The molecule has 1 aliphatic carbocycles. The van der Waals surface area contributed by atoms with Crippen LogP contribution in [-0.2, 0) is 0 Å². The van der Waals surface area contributed by atoms with Gasteiger partial charge < -0.3 is 0 Å². The highest BCUT2D eigenvalue weighted by Crippen LogP contribution is 2.33. The Morgan fingerprint density at radius 3 is 2.46 bits per heavy atom. The smallest absolute Gasteiger partial charge is 0.0170 e. The van der Waals surface area contributed by atoms with Gasteiger partial charge in [0, 0.05) is 0 Å². The summed E-state index contributed by atoms with van der Waals surface area (Å²) in [6.07, 6.45) is 14.8. The minimum atomic E-state index is 1.08. The Morgan fingerprint density at radius 1 is 1.00 bits per heavy atom. The Morgan fingerprint density at radius 2 is 1.77 bits per heavy atom. The van der Waals surface area contributed by atoms with E-state index in [0.29, 0.717) is 0 Å². The van der Waals surface area contributed by atoms with Gasteiger partial charge in [-0.25, -0.2) is 0 Å². The third-order valence-electron chi connectivity index (χ3n) is 2.97. The lowest BCUT2D eigenvalue weighted by atomic mass is 10.0. The summed E-state index contributed by atoms with van der Waals surface area (Å²) in [4.78, 5) is 0. The molecule has 0 nitrogen and oxygen atoms in total. The van der Waals surface area contributed by atoms with E-state index in [4.69, 9.17) is 0 Å². The zero-order valence-electron chi connectivity index (χ0n) is 9.10. The predicted molar refractivity (Wildman–Crippen MR) is 62.8 cm³/mol. The van der Waals surface area contributed by atoms with E-state index < -0.39 is 0 Å². The summed E-state index contributed by atoms with van der Waals surface area (Å²) < 4.78 is 0. The first kappa shape index (κ1) is 11.5. The third kappa shape index (κ3) is 5.68. The van der Waals surface area contributed by atoms with Crippen LogP contribution in [0.15, 0.2) is 0 Å². The summed E-state index contributed by atoms with van der Waals surface area (Å²) in [5.74, 6) is 0. The van der Waals surface area contributed by atoms with Crippen molar-refractivity contribution < 1.29 is 0 Å². The van der Waals surface area contributed by atoms with E-state index >= 15 is 0 Å². The largest absolute Gasteiger partial charge is 0.0775 e. The number of hydrogen-bond donors (Lipinski definition) is 0. The standard InChI is InChI=1S/C12H24P/c1-2-3-4-8-11-13-12-9-6-5-7-10-12/h12H,2-11H2,1H3. The monoisotopic (exact) mass is 199 g/mol. The number of unbranched alkanes of at least 4 members (excludes halogenated alkanes) is 3. The molecule has 0 unspecified atom stereocenters. The topological polar surface area (TPSA) is 0 Å². The van der Waals surface area contributed by atoms with E-state index in [9.17, 15) is 0 Å². The molecule has 1 fully saturated rings. The second-order valence-corrected chi connectivity index (χ2v) is 5.80. The minimum absolute atomic E-state index is 1.08. The molecule has 1 aliphatic rings. The van der Waals surface area contributed by atoms with E-state index in [0.717, 1.165) is 5.66 Å². The molecule has 0 aromatic heterocycles. The van der Waals surface area contributed by atoms with Gasteiger partial charge in [0.15, 0.2) is 0 Å². The average molecular weight is 199 g/mol. The first-order valence-corrected chi connectivity index (χ1v) is 7.25. The molecule has 0 aliphatic heterocycles. The van der Waals surface area contributed by atoms with Crippen molar-refractivity contribution in [2.45, 2.75) is 70.4 Å². The highest BCUT2D eigenvalue weighted by atomic mass is 31.1. The van der Waals surface area contributed by atoms with E-state index in [1.807, 2.05) is 0 Å². The van der Waals surface area contributed by atoms with Gasteiger partial charge in [-0.1, -0.05) is 54.0 Å². The predicted octanol–water partition coefficient (Wildman–Crippen LogP) is 4.85. The Labute approximate surface area is 85.7 Å². The van der Waals surface area contributed by atoms with Crippen LogP contribution in [0.25, 0.3) is 0 Å². The molecule has 13 heavy (non-hydrogen) atoms. The SMILES string of the molecule is CCCCCC[P]C1CCCCC1. The molecule has 1 radical (unpaired) electrons. The van der Waals surface area contributed by atoms with Crippen LogP contribution >= 0.6 is 8.58 Å². The van der Waals surface area contributed by atoms with E-state index in [1.54, 1.807) is 8.58 Å². The molecule has 1 saturated carbocycles. The maximum absolute atomic E-state index is 2.29. The molecule has 0 atom stereocenters. The van der Waals surface area contributed by atoms with Crippen LogP contribution in [0.5, 0.6) is 0 Å². The molecular weight excluding hydrogens is 175 g/mol. The summed E-state index contributed by atoms with van der Waals surface area (Å²) in [5, 5.41) is 0. The zero-order valence-corrected chi connectivity index (χ0v) is 9.99. The van der Waals surface area contributed by atoms with Crippen molar-refractivity contribution >= 4 is 8.58 Å². The zero-order chi connectivity index (χ0) is 9.36. The molecule has 0 saturated heterocycles. The summed E-state index contributed by atoms with van der Waals surface area (Å²) in [7, 11) is 1.77. The van der Waals surface area contributed by atoms with Crippen LogP contribution < -0.4 is 0 Å². The maximum Gasteiger partial charge on any atom is -0.0170 e. The van der Waals surface area contributed by atoms with Crippen LogP contribution in [0.2, 0.25) is 0 Å². The van der Waals surface area contributed by atoms with Crippen LogP contribution in [0.1, 0.15) is 64.7 Å². The highest BCUT2D eigenvalue weighted by Gasteiger charge is 2.12. The van der Waals surface area contributed by atoms with E-state index in [2.05, 4.69) is 6.92 Å². The van der Waals surface area contributed by atoms with Gasteiger partial charge in [0.2, 0.25) is 0 Å². The van der Waals surface area contributed by atoms with Gasteiger partial charge in [0.05, 0.1) is 0 Å². The molecular formula is C12H24P. The molecule has 0 spiro atoms. The van der Waals surface area contributed by atoms with Crippen molar-refractivity contribution in [1.82, 2.24) is 0 Å². The summed E-state index contributed by atoms with van der Waals surface area (Å²) in [6, 6.07) is 0. The van der Waals surface area contributed by atoms with Crippen molar-refractivity contribution in [3.63, 3.8) is 0 Å². The summed E-state index contributed by atoms with van der Waals surface area (Å²) in [6.45, 7) is 2.29. The fourth-order valence-electron chi connectivity index (χ4n) is 2.08. The molecule has 0 amide bonds. The molecule has 1 rings (SSSR count). The van der Waals surface area contributed by atoms with Crippen molar-refractivity contribution in [3.8, 4) is 0 Å². The van der Waals surface area contributed by atoms with Gasteiger partial charge in [-0.15, -0.1) is 0 Å². The van der Waals surface area contributed by atoms with Crippen molar-refractivity contribution in [2.24, 2.45) is 0 Å². The quantitative estimate of drug-likeness (QED) is 0.424. The lowest BCUT2D eigenvalue weighted by molar-refractivity contribution is 0.513. The molecule has 0 aromatic rings. The molecule has 0 bridgehead atoms. The second-order valence-electron chi connectivity index (χ2n) is 4.26. The Bertz CT molecular complexity index is 106. The first-order valence-electron chi connectivity index (χ1n) is 6.10. The van der Waals surface area contributed by atoms with Crippen LogP contribution in [0.3, 0.4) is 0 Å². The van der Waals surface area contributed by atoms with Gasteiger partial charge in [-0.05, 0) is 31.1 Å². The first-order chi connectivity index (χ1) is 6.43. The summed E-state index contributed by atoms with van der Waals surface area (Å²) in [5.41, 5.74) is 1.08. The molecule has 0 N–H and O–H groups in total. The number of rotatable bonds is 6. The van der Waals surface area contributed by atoms with Gasteiger partial charge in [-0.2, -0.15) is 0 Å². The summed E-state index contributed by atoms with van der Waals surface area (Å²) >= 11 is 0. The molecule has 0 aromatic carbocycles. The fraction of sp³-hybridized carbons (Fsp3) is 1.00. The van der Waals surface area contributed by atoms with Gasteiger partial charge in [-0.3, -0.25) is 0 Å². The molecule has 1 heteroatoms. The second kappa shape index (κ2) is 7.80. The maximum atomic E-state index is 2.29. The van der Waals surface area contributed by atoms with Gasteiger partial charge >= 0.3 is 0 Å². The third-order valence-corrected chi connectivity index (χ3v) is 4.58. The normalized spacial score (nSPS) is 20.1. The lowest BCUT2D eigenvalue weighted by Crippen LogP contribution is -2.06. The van der Waals surface area contributed by atoms with Gasteiger partial charge in [0.1, 0.15) is 0 Å². The number of hydrogen-bond acceptors (Lipinski definition) is 0. The fourth-order valence-corrected chi connectivity index (χ4v) is 3.58. The van der Waals surface area contributed by atoms with Crippen LogP contribution in [0, 0.1) is 0 Å². The van der Waals surface area contributed by atoms with E-state index in [1.165, 1.54) is 63.9 Å². The molecule has 0 heterocycles. The Hall–Kier alpha value is 0.430. The van der Waals surface area contributed by atoms with Crippen LogP contribution in [0.4, 0.5) is 0 Å². The van der Waals surface area contributed by atoms with Crippen LogP contribution in [-0.4, -0.2) is 11.8 Å². The van der Waals surface area contributed by atoms with Crippen molar-refractivity contribution in [3.05, 3.63) is 0 Å². The molecule has 77 valence electrons. The lowest BCUT2D eigenvalue weighted by Gasteiger charge is -2.20. The Balaban J connectivity index is 1.86. The van der Waals surface area contributed by atoms with Crippen molar-refractivity contribution in [2.75, 3.05) is 6.16 Å². The van der Waals surface area contributed by atoms with E-state index in [-0.39, 0.29) is 0 Å². The highest BCUT2D eigenvalue weighted by molar-refractivity contribution is 7.38. The Kier molecular flexibility index (Phi) is 6.90. The average Bonchev–Trinajstić information content (AvgIpc) is 2.19.